The van der Waals surface area contributed by atoms with E-state index in [2.05, 4.69) is 10.4 Å². The molecule has 0 radical (unpaired) electrons. The average Bonchev–Trinajstić information content (AvgIpc) is 3.04. The van der Waals surface area contributed by atoms with Crippen LogP contribution in [0.5, 0.6) is 5.75 Å². The molecule has 0 bridgehead atoms. The Hall–Kier alpha value is -1.56. The normalized spacial score (nSPS) is 20.6. The number of nitrogens with one attached hydrogen (secondary N) is 1. The van der Waals surface area contributed by atoms with Gasteiger partial charge in [0.1, 0.15) is 5.69 Å². The minimum absolute atomic E-state index is 0.0865. The van der Waals surface area contributed by atoms with Crippen LogP contribution in [-0.2, 0) is 11.8 Å². The third-order valence-electron chi connectivity index (χ3n) is 5.29. The van der Waals surface area contributed by atoms with Crippen molar-refractivity contribution in [1.82, 2.24) is 20.0 Å². The van der Waals surface area contributed by atoms with E-state index in [0.717, 1.165) is 56.2 Å². The summed E-state index contributed by atoms with van der Waals surface area (Å²) >= 11 is 0. The summed E-state index contributed by atoms with van der Waals surface area (Å²) in [4.78, 5) is 14.3. The van der Waals surface area contributed by atoms with E-state index in [1.807, 2.05) is 25.8 Å². The average molecular weight is 306 g/mol. The van der Waals surface area contributed by atoms with Gasteiger partial charge in [0.25, 0.3) is 5.91 Å². The summed E-state index contributed by atoms with van der Waals surface area (Å²) in [7, 11) is 1.89. The van der Waals surface area contributed by atoms with Crippen molar-refractivity contribution in [2.24, 2.45) is 12.5 Å². The monoisotopic (exact) mass is 306 g/mol. The predicted molar refractivity (Wildman–Crippen MR) is 83.9 cm³/mol. The molecule has 1 spiro atoms. The lowest BCUT2D eigenvalue weighted by atomic mass is 9.78. The van der Waals surface area contributed by atoms with E-state index < -0.39 is 0 Å². The molecule has 1 amide bonds. The Morgan fingerprint density at radius 1 is 1.32 bits per heavy atom. The summed E-state index contributed by atoms with van der Waals surface area (Å²) in [6.45, 7) is 7.92. The third kappa shape index (κ3) is 2.84. The van der Waals surface area contributed by atoms with Gasteiger partial charge in [0.2, 0.25) is 0 Å². The number of aryl methyl sites for hydroxylation is 2. The summed E-state index contributed by atoms with van der Waals surface area (Å²) in [6.07, 6.45) is 3.47. The van der Waals surface area contributed by atoms with E-state index in [1.165, 1.54) is 6.42 Å². The van der Waals surface area contributed by atoms with Gasteiger partial charge in [0.15, 0.2) is 12.4 Å². The quantitative estimate of drug-likeness (QED) is 0.906. The van der Waals surface area contributed by atoms with Crippen molar-refractivity contribution in [3.63, 3.8) is 0 Å². The van der Waals surface area contributed by atoms with Gasteiger partial charge in [0, 0.05) is 26.7 Å². The van der Waals surface area contributed by atoms with Gasteiger partial charge in [-0.3, -0.25) is 9.48 Å². The lowest BCUT2D eigenvalue weighted by Crippen LogP contribution is -2.45. The largest absolute Gasteiger partial charge is 0.480 e. The molecular formula is C16H26N4O2. The number of likely N-dealkylation sites (tertiary alicyclic amines) is 1. The van der Waals surface area contributed by atoms with Gasteiger partial charge < -0.3 is 15.0 Å². The van der Waals surface area contributed by atoms with Crippen LogP contribution in [0.1, 0.15) is 30.7 Å². The number of hydrogen-bond donors (Lipinski definition) is 1. The molecule has 2 fully saturated rings. The molecule has 0 atom stereocenters. The number of rotatable bonds is 3. The van der Waals surface area contributed by atoms with Gasteiger partial charge in [-0.15, -0.1) is 0 Å². The standard InChI is InChI=1S/C16H26N4O2/c1-12-15(13(2)19(3)18-12)22-10-14(21)20-8-5-16(6-9-20)4-7-17-11-16/h17H,4-11H2,1-3H3. The van der Waals surface area contributed by atoms with Gasteiger partial charge in [-0.1, -0.05) is 0 Å². The van der Waals surface area contributed by atoms with Crippen molar-refractivity contribution in [3.8, 4) is 5.75 Å². The van der Waals surface area contributed by atoms with E-state index in [4.69, 9.17) is 4.74 Å². The van der Waals surface area contributed by atoms with Crippen LogP contribution in [0.25, 0.3) is 0 Å². The van der Waals surface area contributed by atoms with Gasteiger partial charge >= 0.3 is 0 Å². The SMILES string of the molecule is Cc1nn(C)c(C)c1OCC(=O)N1CCC2(CCNC2)CC1. The van der Waals surface area contributed by atoms with Crippen LogP contribution in [0.4, 0.5) is 0 Å². The van der Waals surface area contributed by atoms with Crippen molar-refractivity contribution in [1.29, 1.82) is 0 Å². The molecule has 122 valence electrons. The molecule has 2 aliphatic rings. The fourth-order valence-corrected chi connectivity index (χ4v) is 3.64. The summed E-state index contributed by atoms with van der Waals surface area (Å²) in [5.41, 5.74) is 2.23. The first-order chi connectivity index (χ1) is 10.5. The minimum atomic E-state index is 0.0865. The predicted octanol–water partition coefficient (Wildman–Crippen LogP) is 1.02. The number of amides is 1. The number of carbonyl (C=O) groups is 1. The molecule has 22 heavy (non-hydrogen) atoms. The lowest BCUT2D eigenvalue weighted by molar-refractivity contribution is -0.135. The van der Waals surface area contributed by atoms with E-state index in [9.17, 15) is 4.79 Å². The molecule has 0 saturated carbocycles. The van der Waals surface area contributed by atoms with Crippen molar-refractivity contribution < 1.29 is 9.53 Å². The zero-order chi connectivity index (χ0) is 15.7. The maximum Gasteiger partial charge on any atom is 0.260 e. The highest BCUT2D eigenvalue weighted by Crippen LogP contribution is 2.36. The smallest absolute Gasteiger partial charge is 0.260 e. The van der Waals surface area contributed by atoms with Crippen LogP contribution in [-0.4, -0.2) is 53.4 Å². The van der Waals surface area contributed by atoms with E-state index in [1.54, 1.807) is 4.68 Å². The molecule has 0 aromatic carbocycles. The molecule has 1 aromatic heterocycles. The Kier molecular flexibility index (Phi) is 4.12. The Balaban J connectivity index is 1.52. The number of carbonyl (C=O) groups excluding carboxylic acids is 1. The van der Waals surface area contributed by atoms with Crippen LogP contribution in [0.3, 0.4) is 0 Å². The molecule has 0 aliphatic carbocycles. The van der Waals surface area contributed by atoms with Crippen LogP contribution >= 0.6 is 0 Å². The fourth-order valence-electron chi connectivity index (χ4n) is 3.64. The van der Waals surface area contributed by atoms with Crippen LogP contribution in [0.2, 0.25) is 0 Å². The van der Waals surface area contributed by atoms with Crippen molar-refractivity contribution in [2.45, 2.75) is 33.1 Å². The molecule has 2 saturated heterocycles. The first kappa shape index (κ1) is 15.3. The minimum Gasteiger partial charge on any atom is -0.480 e. The molecule has 6 nitrogen and oxygen atoms in total. The summed E-state index contributed by atoms with van der Waals surface area (Å²) < 4.78 is 7.52. The van der Waals surface area contributed by atoms with Crippen molar-refractivity contribution >= 4 is 5.91 Å². The first-order valence-electron chi connectivity index (χ1n) is 8.12. The second kappa shape index (κ2) is 5.91. The first-order valence-corrected chi connectivity index (χ1v) is 8.12. The Labute approximate surface area is 131 Å². The third-order valence-corrected chi connectivity index (χ3v) is 5.29. The number of ether oxygens (including phenoxy) is 1. The van der Waals surface area contributed by atoms with Crippen molar-refractivity contribution in [3.05, 3.63) is 11.4 Å². The Bertz CT molecular complexity index is 551. The van der Waals surface area contributed by atoms with Crippen LogP contribution in [0, 0.1) is 19.3 Å². The maximum absolute atomic E-state index is 12.4. The fraction of sp³-hybridized carbons (Fsp3) is 0.750. The van der Waals surface area contributed by atoms with E-state index in [-0.39, 0.29) is 12.5 Å². The number of nitrogens with zero attached hydrogens (tertiary/aromatic N) is 3. The van der Waals surface area contributed by atoms with Crippen LogP contribution < -0.4 is 10.1 Å². The number of piperidine rings is 1. The summed E-state index contributed by atoms with van der Waals surface area (Å²) in [5, 5.41) is 7.76. The Morgan fingerprint density at radius 2 is 2.05 bits per heavy atom. The second-order valence-corrected chi connectivity index (χ2v) is 6.72. The summed E-state index contributed by atoms with van der Waals surface area (Å²) in [5.74, 6) is 0.827. The molecular weight excluding hydrogens is 280 g/mol. The number of hydrogen-bond acceptors (Lipinski definition) is 4. The lowest BCUT2D eigenvalue weighted by Gasteiger charge is -2.38. The summed E-state index contributed by atoms with van der Waals surface area (Å²) in [6, 6.07) is 0. The molecule has 2 aliphatic heterocycles. The second-order valence-electron chi connectivity index (χ2n) is 6.72. The van der Waals surface area contributed by atoms with Gasteiger partial charge in [-0.05, 0) is 45.1 Å². The molecule has 3 heterocycles. The van der Waals surface area contributed by atoms with Crippen molar-refractivity contribution in [2.75, 3.05) is 32.8 Å². The zero-order valence-corrected chi connectivity index (χ0v) is 13.8. The topological polar surface area (TPSA) is 59.4 Å². The van der Waals surface area contributed by atoms with Gasteiger partial charge in [-0.2, -0.15) is 5.10 Å². The van der Waals surface area contributed by atoms with Gasteiger partial charge in [0.05, 0.1) is 5.69 Å². The highest BCUT2D eigenvalue weighted by molar-refractivity contribution is 5.78. The highest BCUT2D eigenvalue weighted by atomic mass is 16.5. The maximum atomic E-state index is 12.4. The number of aromatic nitrogens is 2. The molecule has 1 N–H and O–H groups in total. The highest BCUT2D eigenvalue weighted by Gasteiger charge is 2.38. The van der Waals surface area contributed by atoms with Gasteiger partial charge in [-0.25, -0.2) is 0 Å². The molecule has 3 rings (SSSR count). The molecule has 6 heteroatoms. The van der Waals surface area contributed by atoms with Crippen LogP contribution in [0.15, 0.2) is 0 Å². The van der Waals surface area contributed by atoms with E-state index >= 15 is 0 Å². The molecule has 0 unspecified atom stereocenters. The molecule has 1 aromatic rings. The Morgan fingerprint density at radius 3 is 2.59 bits per heavy atom. The van der Waals surface area contributed by atoms with E-state index in [0.29, 0.717) is 5.41 Å². The zero-order valence-electron chi connectivity index (χ0n) is 13.8.